The van der Waals surface area contributed by atoms with Crippen molar-refractivity contribution in [2.75, 3.05) is 5.32 Å². The third kappa shape index (κ3) is 2.87. The van der Waals surface area contributed by atoms with Crippen LogP contribution in [0.5, 0.6) is 5.75 Å². The van der Waals surface area contributed by atoms with E-state index in [0.717, 1.165) is 10.0 Å². The summed E-state index contributed by atoms with van der Waals surface area (Å²) in [5.41, 5.74) is 1.12. The first-order valence-electron chi connectivity index (χ1n) is 5.29. The molecule has 2 aromatic rings. The molecule has 2 rings (SSSR count). The number of rotatable bonds is 2. The van der Waals surface area contributed by atoms with E-state index in [0.29, 0.717) is 11.4 Å². The molecule has 0 fully saturated rings. The second-order valence-electron chi connectivity index (χ2n) is 3.81. The summed E-state index contributed by atoms with van der Waals surface area (Å²) in [4.78, 5) is 15.9. The van der Waals surface area contributed by atoms with Crippen molar-refractivity contribution >= 4 is 27.7 Å². The summed E-state index contributed by atoms with van der Waals surface area (Å²) in [5.74, 6) is 0.246. The predicted molar refractivity (Wildman–Crippen MR) is 72.7 cm³/mol. The Kier molecular flexibility index (Phi) is 3.62. The standard InChI is InChI=1S/C13H11BrN2O2/c1-8-2-3-9(6-11(8)17)13(18)16-12-7-10(14)4-5-15-12/h2-7,17H,1H3,(H,15,16,18). The molecular weight excluding hydrogens is 296 g/mol. The third-order valence-electron chi connectivity index (χ3n) is 2.43. The number of hydrogen-bond donors (Lipinski definition) is 2. The number of aryl methyl sites for hydroxylation is 1. The van der Waals surface area contributed by atoms with Crippen molar-refractivity contribution in [2.24, 2.45) is 0 Å². The van der Waals surface area contributed by atoms with Crippen LogP contribution in [0.4, 0.5) is 5.82 Å². The number of nitrogens with one attached hydrogen (secondary N) is 1. The normalized spacial score (nSPS) is 10.1. The van der Waals surface area contributed by atoms with Crippen LogP contribution in [0.15, 0.2) is 41.0 Å². The van der Waals surface area contributed by atoms with Gasteiger partial charge in [0, 0.05) is 16.2 Å². The zero-order chi connectivity index (χ0) is 13.1. The average molecular weight is 307 g/mol. The van der Waals surface area contributed by atoms with Crippen LogP contribution in [-0.4, -0.2) is 16.0 Å². The minimum atomic E-state index is -0.309. The van der Waals surface area contributed by atoms with Crippen LogP contribution in [0, 0.1) is 6.92 Å². The lowest BCUT2D eigenvalue weighted by atomic mass is 10.1. The van der Waals surface area contributed by atoms with E-state index in [4.69, 9.17) is 0 Å². The molecule has 5 heteroatoms. The molecule has 2 N–H and O–H groups in total. The van der Waals surface area contributed by atoms with E-state index in [-0.39, 0.29) is 11.7 Å². The first-order valence-corrected chi connectivity index (χ1v) is 6.08. The van der Waals surface area contributed by atoms with Crippen molar-refractivity contribution < 1.29 is 9.90 Å². The fraction of sp³-hybridized carbons (Fsp3) is 0.0769. The van der Waals surface area contributed by atoms with E-state index in [1.807, 2.05) is 0 Å². The quantitative estimate of drug-likeness (QED) is 0.896. The van der Waals surface area contributed by atoms with Gasteiger partial charge in [0.2, 0.25) is 0 Å². The minimum Gasteiger partial charge on any atom is -0.508 e. The number of aromatic hydroxyl groups is 1. The largest absolute Gasteiger partial charge is 0.508 e. The number of phenols is 1. The maximum absolute atomic E-state index is 11.9. The summed E-state index contributed by atoms with van der Waals surface area (Å²) < 4.78 is 0.833. The highest BCUT2D eigenvalue weighted by Crippen LogP contribution is 2.19. The number of phenolic OH excluding ortho intramolecular Hbond substituents is 1. The van der Waals surface area contributed by atoms with Crippen molar-refractivity contribution in [1.82, 2.24) is 4.98 Å². The van der Waals surface area contributed by atoms with Crippen molar-refractivity contribution in [2.45, 2.75) is 6.92 Å². The number of nitrogens with zero attached hydrogens (tertiary/aromatic N) is 1. The number of pyridine rings is 1. The molecule has 0 aliphatic heterocycles. The minimum absolute atomic E-state index is 0.102. The van der Waals surface area contributed by atoms with Gasteiger partial charge in [0.15, 0.2) is 0 Å². The topological polar surface area (TPSA) is 62.2 Å². The Hall–Kier alpha value is -1.88. The lowest BCUT2D eigenvalue weighted by molar-refractivity contribution is 0.102. The third-order valence-corrected chi connectivity index (χ3v) is 2.93. The van der Waals surface area contributed by atoms with Gasteiger partial charge in [0.1, 0.15) is 11.6 Å². The predicted octanol–water partition coefficient (Wildman–Crippen LogP) is 3.11. The Morgan fingerprint density at radius 1 is 1.33 bits per heavy atom. The van der Waals surface area contributed by atoms with Gasteiger partial charge in [-0.3, -0.25) is 4.79 Å². The van der Waals surface area contributed by atoms with Crippen molar-refractivity contribution in [3.63, 3.8) is 0 Å². The van der Waals surface area contributed by atoms with Crippen LogP contribution in [0.2, 0.25) is 0 Å². The van der Waals surface area contributed by atoms with Gasteiger partial charge in [0.05, 0.1) is 0 Å². The SMILES string of the molecule is Cc1ccc(C(=O)Nc2cc(Br)ccn2)cc1O. The highest BCUT2D eigenvalue weighted by molar-refractivity contribution is 9.10. The Morgan fingerprint density at radius 3 is 2.78 bits per heavy atom. The molecule has 18 heavy (non-hydrogen) atoms. The van der Waals surface area contributed by atoms with Crippen LogP contribution in [0.3, 0.4) is 0 Å². The number of hydrogen-bond acceptors (Lipinski definition) is 3. The molecule has 0 saturated carbocycles. The highest BCUT2D eigenvalue weighted by Gasteiger charge is 2.08. The van der Waals surface area contributed by atoms with E-state index < -0.39 is 0 Å². The Labute approximate surface area is 113 Å². The maximum atomic E-state index is 11.9. The van der Waals surface area contributed by atoms with Crippen molar-refractivity contribution in [1.29, 1.82) is 0 Å². The fourth-order valence-electron chi connectivity index (χ4n) is 1.41. The molecule has 0 aliphatic rings. The summed E-state index contributed by atoms with van der Waals surface area (Å²) in [6.45, 7) is 1.77. The highest BCUT2D eigenvalue weighted by atomic mass is 79.9. The van der Waals surface area contributed by atoms with Crippen LogP contribution < -0.4 is 5.32 Å². The zero-order valence-electron chi connectivity index (χ0n) is 9.64. The number of anilines is 1. The van der Waals surface area contributed by atoms with Gasteiger partial charge >= 0.3 is 0 Å². The lowest BCUT2D eigenvalue weighted by Crippen LogP contribution is -2.12. The first kappa shape index (κ1) is 12.6. The number of aromatic nitrogens is 1. The molecule has 0 radical (unpaired) electrons. The molecule has 0 unspecified atom stereocenters. The Balaban J connectivity index is 2.19. The van der Waals surface area contributed by atoms with E-state index in [2.05, 4.69) is 26.2 Å². The second-order valence-corrected chi connectivity index (χ2v) is 4.73. The van der Waals surface area contributed by atoms with Gasteiger partial charge in [-0.15, -0.1) is 0 Å². The van der Waals surface area contributed by atoms with Gasteiger partial charge in [-0.2, -0.15) is 0 Å². The fourth-order valence-corrected chi connectivity index (χ4v) is 1.75. The number of carbonyl (C=O) groups is 1. The monoisotopic (exact) mass is 306 g/mol. The second kappa shape index (κ2) is 5.18. The van der Waals surface area contributed by atoms with Gasteiger partial charge in [-0.05, 0) is 36.8 Å². The molecule has 0 bridgehead atoms. The first-order chi connectivity index (χ1) is 8.56. The van der Waals surface area contributed by atoms with Gasteiger partial charge in [-0.1, -0.05) is 22.0 Å². The molecule has 0 atom stereocenters. The smallest absolute Gasteiger partial charge is 0.256 e. The molecule has 92 valence electrons. The van der Waals surface area contributed by atoms with Gasteiger partial charge < -0.3 is 10.4 Å². The van der Waals surface area contributed by atoms with E-state index in [1.165, 1.54) is 6.07 Å². The van der Waals surface area contributed by atoms with Crippen molar-refractivity contribution in [3.8, 4) is 5.75 Å². The van der Waals surface area contributed by atoms with Gasteiger partial charge in [0.25, 0.3) is 5.91 Å². The Bertz CT molecular complexity index is 599. The maximum Gasteiger partial charge on any atom is 0.256 e. The molecule has 0 aliphatic carbocycles. The molecule has 4 nitrogen and oxygen atoms in total. The molecule has 1 amide bonds. The lowest BCUT2D eigenvalue weighted by Gasteiger charge is -2.06. The number of amides is 1. The van der Waals surface area contributed by atoms with Crippen LogP contribution in [-0.2, 0) is 0 Å². The van der Waals surface area contributed by atoms with Crippen LogP contribution in [0.25, 0.3) is 0 Å². The van der Waals surface area contributed by atoms with Crippen molar-refractivity contribution in [3.05, 3.63) is 52.1 Å². The summed E-state index contributed by atoms with van der Waals surface area (Å²) in [6, 6.07) is 8.25. The summed E-state index contributed by atoms with van der Waals surface area (Å²) in [6.07, 6.45) is 1.59. The van der Waals surface area contributed by atoms with E-state index in [9.17, 15) is 9.90 Å². The summed E-state index contributed by atoms with van der Waals surface area (Å²) >= 11 is 3.30. The average Bonchev–Trinajstić information content (AvgIpc) is 2.32. The summed E-state index contributed by atoms with van der Waals surface area (Å²) in [7, 11) is 0. The summed E-state index contributed by atoms with van der Waals surface area (Å²) in [5, 5.41) is 12.2. The molecule has 1 aromatic carbocycles. The van der Waals surface area contributed by atoms with Gasteiger partial charge in [-0.25, -0.2) is 4.98 Å². The van der Waals surface area contributed by atoms with E-state index >= 15 is 0 Å². The Morgan fingerprint density at radius 2 is 2.11 bits per heavy atom. The van der Waals surface area contributed by atoms with E-state index in [1.54, 1.807) is 37.4 Å². The van der Waals surface area contributed by atoms with Crippen LogP contribution in [0.1, 0.15) is 15.9 Å². The number of carbonyl (C=O) groups excluding carboxylic acids is 1. The van der Waals surface area contributed by atoms with Crippen LogP contribution >= 0.6 is 15.9 Å². The molecule has 0 saturated heterocycles. The number of benzene rings is 1. The molecule has 0 spiro atoms. The zero-order valence-corrected chi connectivity index (χ0v) is 11.2. The molecular formula is C13H11BrN2O2. The molecule has 1 heterocycles. The number of halogens is 1. The molecule has 1 aromatic heterocycles.